The first-order chi connectivity index (χ1) is 10.4. The number of sulfonamides is 1. The van der Waals surface area contributed by atoms with E-state index in [4.69, 9.17) is 16.3 Å². The molecule has 0 aliphatic carbocycles. The van der Waals surface area contributed by atoms with Crippen molar-refractivity contribution in [3.8, 4) is 5.75 Å². The van der Waals surface area contributed by atoms with Gasteiger partial charge in [-0.1, -0.05) is 23.7 Å². The second-order valence-electron chi connectivity index (χ2n) is 4.81. The van der Waals surface area contributed by atoms with Crippen LogP contribution in [0.3, 0.4) is 0 Å². The molecule has 2 aromatic rings. The lowest BCUT2D eigenvalue weighted by Crippen LogP contribution is -2.30. The van der Waals surface area contributed by atoms with Crippen LogP contribution in [0.15, 0.2) is 47.4 Å². The SMILES string of the molecule is CCN(c1cccc(C)c1)S(=O)(=O)c1ccc(OC)c(Cl)c1. The van der Waals surface area contributed by atoms with Crippen molar-refractivity contribution in [2.45, 2.75) is 18.7 Å². The van der Waals surface area contributed by atoms with Crippen LogP contribution in [0.4, 0.5) is 5.69 Å². The Hall–Kier alpha value is -1.72. The Morgan fingerprint density at radius 3 is 2.45 bits per heavy atom. The van der Waals surface area contributed by atoms with Gasteiger partial charge in [-0.3, -0.25) is 4.31 Å². The predicted molar refractivity (Wildman–Crippen MR) is 89.4 cm³/mol. The summed E-state index contributed by atoms with van der Waals surface area (Å²) >= 11 is 6.05. The van der Waals surface area contributed by atoms with Gasteiger partial charge in [-0.15, -0.1) is 0 Å². The van der Waals surface area contributed by atoms with Crippen LogP contribution in [0.2, 0.25) is 5.02 Å². The molecule has 0 atom stereocenters. The first-order valence-electron chi connectivity index (χ1n) is 6.83. The second kappa shape index (κ2) is 6.58. The van der Waals surface area contributed by atoms with E-state index in [9.17, 15) is 8.42 Å². The highest BCUT2D eigenvalue weighted by Gasteiger charge is 2.24. The third-order valence-electron chi connectivity index (χ3n) is 3.29. The summed E-state index contributed by atoms with van der Waals surface area (Å²) in [5.41, 5.74) is 1.63. The van der Waals surface area contributed by atoms with Gasteiger partial charge >= 0.3 is 0 Å². The van der Waals surface area contributed by atoms with Gasteiger partial charge in [0, 0.05) is 6.54 Å². The number of aryl methyl sites for hydroxylation is 1. The summed E-state index contributed by atoms with van der Waals surface area (Å²) in [6.07, 6.45) is 0. The van der Waals surface area contributed by atoms with Gasteiger partial charge in [0.1, 0.15) is 5.75 Å². The van der Waals surface area contributed by atoms with Crippen LogP contribution in [0.5, 0.6) is 5.75 Å². The van der Waals surface area contributed by atoms with E-state index in [0.29, 0.717) is 18.0 Å². The number of ether oxygens (including phenoxy) is 1. The van der Waals surface area contributed by atoms with Crippen LogP contribution in [0.25, 0.3) is 0 Å². The molecule has 0 heterocycles. The maximum absolute atomic E-state index is 12.9. The van der Waals surface area contributed by atoms with Crippen LogP contribution >= 0.6 is 11.6 Å². The first-order valence-corrected chi connectivity index (χ1v) is 8.65. The average Bonchev–Trinajstić information content (AvgIpc) is 2.47. The summed E-state index contributed by atoms with van der Waals surface area (Å²) in [4.78, 5) is 0.140. The predicted octanol–water partition coefficient (Wildman–Crippen LogP) is 3.87. The Bertz CT molecular complexity index is 775. The molecule has 4 nitrogen and oxygen atoms in total. The van der Waals surface area contributed by atoms with E-state index < -0.39 is 10.0 Å². The van der Waals surface area contributed by atoms with Crippen molar-refractivity contribution in [2.75, 3.05) is 18.0 Å². The number of methoxy groups -OCH3 is 1. The molecule has 2 rings (SSSR count). The number of halogens is 1. The number of hydrogen-bond acceptors (Lipinski definition) is 3. The lowest BCUT2D eigenvalue weighted by molar-refractivity contribution is 0.414. The Morgan fingerprint density at radius 2 is 1.91 bits per heavy atom. The lowest BCUT2D eigenvalue weighted by Gasteiger charge is -2.23. The topological polar surface area (TPSA) is 46.6 Å². The number of rotatable bonds is 5. The smallest absolute Gasteiger partial charge is 0.264 e. The molecule has 0 spiro atoms. The monoisotopic (exact) mass is 339 g/mol. The van der Waals surface area contributed by atoms with E-state index >= 15 is 0 Å². The minimum absolute atomic E-state index is 0.140. The quantitative estimate of drug-likeness (QED) is 0.830. The fraction of sp³-hybridized carbons (Fsp3) is 0.250. The van der Waals surface area contributed by atoms with E-state index in [1.54, 1.807) is 19.1 Å². The molecular weight excluding hydrogens is 322 g/mol. The molecule has 0 amide bonds. The number of anilines is 1. The summed E-state index contributed by atoms with van der Waals surface area (Å²) in [7, 11) is -2.19. The minimum Gasteiger partial charge on any atom is -0.495 e. The highest BCUT2D eigenvalue weighted by molar-refractivity contribution is 7.92. The average molecular weight is 340 g/mol. The van der Waals surface area contributed by atoms with E-state index in [-0.39, 0.29) is 9.92 Å². The zero-order valence-corrected chi connectivity index (χ0v) is 14.3. The summed E-state index contributed by atoms with van der Waals surface area (Å²) in [6, 6.07) is 11.8. The van der Waals surface area contributed by atoms with Gasteiger partial charge in [-0.2, -0.15) is 0 Å². The van der Waals surface area contributed by atoms with Crippen LogP contribution in [-0.4, -0.2) is 22.1 Å². The van der Waals surface area contributed by atoms with E-state index in [1.165, 1.54) is 23.5 Å². The van der Waals surface area contributed by atoms with Gasteiger partial charge in [0.15, 0.2) is 0 Å². The second-order valence-corrected chi connectivity index (χ2v) is 7.07. The van der Waals surface area contributed by atoms with Crippen molar-refractivity contribution in [1.82, 2.24) is 0 Å². The van der Waals surface area contributed by atoms with Crippen LogP contribution in [0.1, 0.15) is 12.5 Å². The maximum Gasteiger partial charge on any atom is 0.264 e. The van der Waals surface area contributed by atoms with E-state index in [2.05, 4.69) is 0 Å². The fourth-order valence-electron chi connectivity index (χ4n) is 2.21. The van der Waals surface area contributed by atoms with Gasteiger partial charge in [0.25, 0.3) is 10.0 Å². The Kier molecular flexibility index (Phi) is 4.98. The zero-order valence-electron chi connectivity index (χ0n) is 12.7. The minimum atomic E-state index is -3.68. The molecule has 0 radical (unpaired) electrons. The number of nitrogens with zero attached hydrogens (tertiary/aromatic N) is 1. The van der Waals surface area contributed by atoms with Gasteiger partial charge in [0.05, 0.1) is 22.7 Å². The summed E-state index contributed by atoms with van der Waals surface area (Å²) in [5, 5.41) is 0.267. The lowest BCUT2D eigenvalue weighted by atomic mass is 10.2. The Morgan fingerprint density at radius 1 is 1.18 bits per heavy atom. The van der Waals surface area contributed by atoms with Crippen molar-refractivity contribution >= 4 is 27.3 Å². The van der Waals surface area contributed by atoms with Crippen LogP contribution < -0.4 is 9.04 Å². The fourth-order valence-corrected chi connectivity index (χ4v) is 4.02. The van der Waals surface area contributed by atoms with Gasteiger partial charge in [0.2, 0.25) is 0 Å². The van der Waals surface area contributed by atoms with Crippen molar-refractivity contribution in [2.24, 2.45) is 0 Å². The summed E-state index contributed by atoms with van der Waals surface area (Å²) in [6.45, 7) is 4.05. The van der Waals surface area contributed by atoms with Crippen molar-refractivity contribution < 1.29 is 13.2 Å². The molecule has 0 bridgehead atoms. The molecule has 0 fully saturated rings. The standard InChI is InChI=1S/C16H18ClNO3S/c1-4-18(13-7-5-6-12(2)10-13)22(19,20)14-8-9-16(21-3)15(17)11-14/h5-11H,4H2,1-3H3. The molecule has 22 heavy (non-hydrogen) atoms. The largest absolute Gasteiger partial charge is 0.495 e. The molecule has 2 aromatic carbocycles. The normalized spacial score (nSPS) is 11.3. The molecule has 0 aromatic heterocycles. The molecule has 0 saturated carbocycles. The van der Waals surface area contributed by atoms with Crippen LogP contribution in [0, 0.1) is 6.92 Å². The summed E-state index contributed by atoms with van der Waals surface area (Å²) < 4.78 is 32.1. The number of hydrogen-bond donors (Lipinski definition) is 0. The van der Waals surface area contributed by atoms with Gasteiger partial charge in [-0.25, -0.2) is 8.42 Å². The summed E-state index contributed by atoms with van der Waals surface area (Å²) in [5.74, 6) is 0.444. The highest BCUT2D eigenvalue weighted by Crippen LogP contribution is 2.30. The molecule has 0 saturated heterocycles. The molecular formula is C16H18ClNO3S. The molecule has 0 aliphatic heterocycles. The molecule has 0 N–H and O–H groups in total. The molecule has 118 valence electrons. The Labute approximate surface area is 136 Å². The number of benzene rings is 2. The first kappa shape index (κ1) is 16.6. The van der Waals surface area contributed by atoms with Crippen LogP contribution in [-0.2, 0) is 10.0 Å². The van der Waals surface area contributed by atoms with Crippen molar-refractivity contribution in [3.05, 3.63) is 53.1 Å². The molecule has 0 unspecified atom stereocenters. The molecule has 6 heteroatoms. The van der Waals surface area contributed by atoms with Gasteiger partial charge < -0.3 is 4.74 Å². The zero-order chi connectivity index (χ0) is 16.3. The van der Waals surface area contributed by atoms with Gasteiger partial charge in [-0.05, 0) is 49.7 Å². The van der Waals surface area contributed by atoms with E-state index in [0.717, 1.165) is 5.56 Å². The Balaban J connectivity index is 2.49. The molecule has 0 aliphatic rings. The maximum atomic E-state index is 12.9. The van der Waals surface area contributed by atoms with Crippen molar-refractivity contribution in [1.29, 1.82) is 0 Å². The third-order valence-corrected chi connectivity index (χ3v) is 5.48. The van der Waals surface area contributed by atoms with Crippen molar-refractivity contribution in [3.63, 3.8) is 0 Å². The van der Waals surface area contributed by atoms with E-state index in [1.807, 2.05) is 25.1 Å². The third kappa shape index (κ3) is 3.20. The highest BCUT2D eigenvalue weighted by atomic mass is 35.5.